The van der Waals surface area contributed by atoms with E-state index < -0.39 is 17.6 Å². The van der Waals surface area contributed by atoms with Crippen LogP contribution in [0.25, 0.3) is 26.7 Å². The monoisotopic (exact) mass is 422 g/mol. The molecule has 0 saturated carbocycles. The van der Waals surface area contributed by atoms with Crippen molar-refractivity contribution in [2.45, 2.75) is 6.18 Å². The number of alkyl halides is 3. The van der Waals surface area contributed by atoms with Gasteiger partial charge < -0.3 is 0 Å². The van der Waals surface area contributed by atoms with Gasteiger partial charge in [-0.2, -0.15) is 18.3 Å². The Hall–Kier alpha value is -2.64. The number of para-hydroxylation sites is 1. The van der Waals surface area contributed by atoms with Gasteiger partial charge in [0.2, 0.25) is 0 Å². The molecular weight excluding hydrogens is 412 g/mol. The maximum Gasteiger partial charge on any atom is 0.419 e. The van der Waals surface area contributed by atoms with E-state index in [1.54, 1.807) is 35.1 Å². The van der Waals surface area contributed by atoms with Crippen LogP contribution >= 0.6 is 22.9 Å². The Bertz CT molecular complexity index is 1150. The molecule has 0 fully saturated rings. The summed E-state index contributed by atoms with van der Waals surface area (Å²) in [6.45, 7) is 0. The van der Waals surface area contributed by atoms with Gasteiger partial charge in [-0.15, -0.1) is 11.3 Å². The van der Waals surface area contributed by atoms with E-state index in [0.717, 1.165) is 22.7 Å². The molecule has 4 rings (SSSR count). The Morgan fingerprint density at radius 1 is 0.929 bits per heavy atom. The topological polar surface area (TPSA) is 17.8 Å². The van der Waals surface area contributed by atoms with Crippen LogP contribution in [-0.2, 0) is 6.18 Å². The minimum Gasteiger partial charge on any atom is -0.231 e. The van der Waals surface area contributed by atoms with Gasteiger partial charge in [-0.3, -0.25) is 0 Å². The number of hydrogen-bond donors (Lipinski definition) is 0. The molecule has 2 aromatic carbocycles. The van der Waals surface area contributed by atoms with Gasteiger partial charge in [0.15, 0.2) is 0 Å². The maximum atomic E-state index is 13.5. The van der Waals surface area contributed by atoms with E-state index in [1.807, 2.05) is 18.2 Å². The molecule has 0 atom stereocenters. The Kier molecular flexibility index (Phi) is 4.72. The third kappa shape index (κ3) is 3.43. The largest absolute Gasteiger partial charge is 0.419 e. The molecule has 0 aliphatic carbocycles. The van der Waals surface area contributed by atoms with Crippen molar-refractivity contribution in [1.82, 2.24) is 9.78 Å². The molecule has 28 heavy (non-hydrogen) atoms. The lowest BCUT2D eigenvalue weighted by Gasteiger charge is -2.09. The van der Waals surface area contributed by atoms with Crippen LogP contribution in [0.4, 0.5) is 17.6 Å². The van der Waals surface area contributed by atoms with E-state index in [9.17, 15) is 17.6 Å². The highest BCUT2D eigenvalue weighted by atomic mass is 35.5. The first-order valence-electron chi connectivity index (χ1n) is 8.11. The highest BCUT2D eigenvalue weighted by Crippen LogP contribution is 2.39. The minimum absolute atomic E-state index is 0.300. The molecule has 2 aromatic heterocycles. The number of halogens is 5. The summed E-state index contributed by atoms with van der Waals surface area (Å²) in [6, 6.07) is 15.5. The van der Waals surface area contributed by atoms with Crippen molar-refractivity contribution in [3.63, 3.8) is 0 Å². The van der Waals surface area contributed by atoms with Gasteiger partial charge in [0.25, 0.3) is 0 Å². The molecule has 142 valence electrons. The minimum atomic E-state index is -4.75. The third-order valence-corrected chi connectivity index (χ3v) is 5.61. The highest BCUT2D eigenvalue weighted by molar-refractivity contribution is 7.18. The third-order valence-electron chi connectivity index (χ3n) is 4.14. The van der Waals surface area contributed by atoms with E-state index in [4.69, 9.17) is 11.6 Å². The summed E-state index contributed by atoms with van der Waals surface area (Å²) in [5.74, 6) is -1.29. The average Bonchev–Trinajstić information content (AvgIpc) is 3.30. The lowest BCUT2D eigenvalue weighted by molar-refractivity contribution is -0.139. The SMILES string of the molecule is Fc1ccc(-c2ccc(-c3ccnn3-c3ccccc3Cl)s2)cc1C(F)(F)F. The van der Waals surface area contributed by atoms with Crippen molar-refractivity contribution >= 4 is 22.9 Å². The molecule has 2 nitrogen and oxygen atoms in total. The molecule has 0 spiro atoms. The second kappa shape index (κ2) is 7.07. The molecule has 0 N–H and O–H groups in total. The summed E-state index contributed by atoms with van der Waals surface area (Å²) in [6.07, 6.45) is -3.12. The highest BCUT2D eigenvalue weighted by Gasteiger charge is 2.34. The second-order valence-electron chi connectivity index (χ2n) is 5.94. The molecule has 4 aromatic rings. The van der Waals surface area contributed by atoms with Gasteiger partial charge in [-0.25, -0.2) is 9.07 Å². The Morgan fingerprint density at radius 3 is 2.43 bits per heavy atom. The van der Waals surface area contributed by atoms with E-state index in [2.05, 4.69) is 5.10 Å². The molecule has 2 heterocycles. The van der Waals surface area contributed by atoms with Crippen molar-refractivity contribution in [3.05, 3.63) is 83.3 Å². The fraction of sp³-hybridized carbons (Fsp3) is 0.0500. The van der Waals surface area contributed by atoms with Crippen LogP contribution in [0, 0.1) is 5.82 Å². The number of nitrogens with zero attached hydrogens (tertiary/aromatic N) is 2. The van der Waals surface area contributed by atoms with Crippen LogP contribution < -0.4 is 0 Å². The summed E-state index contributed by atoms with van der Waals surface area (Å²) in [5, 5.41) is 4.83. The van der Waals surface area contributed by atoms with Gasteiger partial charge in [0, 0.05) is 4.88 Å². The van der Waals surface area contributed by atoms with Crippen molar-refractivity contribution in [1.29, 1.82) is 0 Å². The van der Waals surface area contributed by atoms with E-state index in [-0.39, 0.29) is 0 Å². The summed E-state index contributed by atoms with van der Waals surface area (Å²) in [5.41, 5.74) is 0.470. The predicted octanol–water partition coefficient (Wildman–Crippen LogP) is 7.08. The Labute approximate surface area is 166 Å². The lowest BCUT2D eigenvalue weighted by atomic mass is 10.1. The zero-order valence-electron chi connectivity index (χ0n) is 14.0. The molecular formula is C20H11ClF4N2S. The number of rotatable bonds is 3. The van der Waals surface area contributed by atoms with Crippen LogP contribution in [0.2, 0.25) is 5.02 Å². The van der Waals surface area contributed by atoms with Gasteiger partial charge in [-0.05, 0) is 48.0 Å². The second-order valence-corrected chi connectivity index (χ2v) is 7.43. The van der Waals surface area contributed by atoms with Gasteiger partial charge >= 0.3 is 6.18 Å². The van der Waals surface area contributed by atoms with Gasteiger partial charge in [-0.1, -0.05) is 29.8 Å². The first-order chi connectivity index (χ1) is 13.3. The predicted molar refractivity (Wildman–Crippen MR) is 102 cm³/mol. The number of hydrogen-bond acceptors (Lipinski definition) is 2. The van der Waals surface area contributed by atoms with Gasteiger partial charge in [0.05, 0.1) is 33.0 Å². The van der Waals surface area contributed by atoms with E-state index in [0.29, 0.717) is 21.2 Å². The average molecular weight is 423 g/mol. The van der Waals surface area contributed by atoms with Crippen LogP contribution in [0.1, 0.15) is 5.56 Å². The summed E-state index contributed by atoms with van der Waals surface area (Å²) in [4.78, 5) is 1.39. The molecule has 0 aliphatic rings. The Morgan fingerprint density at radius 2 is 1.68 bits per heavy atom. The first kappa shape index (κ1) is 18.7. The van der Waals surface area contributed by atoms with Crippen LogP contribution in [0.15, 0.2) is 66.9 Å². The first-order valence-corrected chi connectivity index (χ1v) is 9.30. The zero-order valence-corrected chi connectivity index (χ0v) is 15.6. The smallest absolute Gasteiger partial charge is 0.231 e. The molecule has 0 radical (unpaired) electrons. The molecule has 8 heteroatoms. The standard InChI is InChI=1S/C20H11ClF4N2S/c21-14-3-1-2-4-16(14)27-17(9-10-26-27)19-8-7-18(28-19)12-5-6-15(22)13(11-12)20(23,24)25/h1-11H. The number of benzene rings is 2. The van der Waals surface area contributed by atoms with Crippen LogP contribution in [0.3, 0.4) is 0 Å². The quantitative estimate of drug-likeness (QED) is 0.322. The summed E-state index contributed by atoms with van der Waals surface area (Å²) in [7, 11) is 0. The zero-order chi connectivity index (χ0) is 19.9. The molecule has 0 saturated heterocycles. The molecule has 0 unspecified atom stereocenters. The van der Waals surface area contributed by atoms with Crippen molar-refractivity contribution in [3.8, 4) is 26.7 Å². The summed E-state index contributed by atoms with van der Waals surface area (Å²) < 4.78 is 54.2. The van der Waals surface area contributed by atoms with E-state index in [1.165, 1.54) is 17.4 Å². The van der Waals surface area contributed by atoms with Crippen molar-refractivity contribution in [2.75, 3.05) is 0 Å². The Balaban J connectivity index is 1.75. The normalized spacial score (nSPS) is 11.8. The molecule has 0 bridgehead atoms. The van der Waals surface area contributed by atoms with Crippen LogP contribution in [0.5, 0.6) is 0 Å². The fourth-order valence-electron chi connectivity index (χ4n) is 2.83. The van der Waals surface area contributed by atoms with Crippen molar-refractivity contribution in [2.24, 2.45) is 0 Å². The van der Waals surface area contributed by atoms with Crippen LogP contribution in [-0.4, -0.2) is 9.78 Å². The number of aromatic nitrogens is 2. The molecule has 0 aliphatic heterocycles. The maximum absolute atomic E-state index is 13.5. The van der Waals surface area contributed by atoms with Crippen molar-refractivity contribution < 1.29 is 17.6 Å². The fourth-order valence-corrected chi connectivity index (χ4v) is 4.06. The van der Waals surface area contributed by atoms with E-state index >= 15 is 0 Å². The number of thiophene rings is 1. The molecule has 0 amide bonds. The summed E-state index contributed by atoms with van der Waals surface area (Å²) >= 11 is 7.54. The van der Waals surface area contributed by atoms with Gasteiger partial charge in [0.1, 0.15) is 5.82 Å². The lowest BCUT2D eigenvalue weighted by Crippen LogP contribution is -2.07.